The highest BCUT2D eigenvalue weighted by molar-refractivity contribution is 6.02. The molecule has 1 amide bonds. The van der Waals surface area contributed by atoms with Gasteiger partial charge < -0.3 is 24.3 Å². The molecule has 8 nitrogen and oxygen atoms in total. The molecule has 1 aromatic carbocycles. The van der Waals surface area contributed by atoms with Gasteiger partial charge in [0.15, 0.2) is 11.5 Å². The first kappa shape index (κ1) is 27.9. The number of nitrogens with zero attached hydrogens (tertiary/aromatic N) is 3. The second-order valence-electron chi connectivity index (χ2n) is 11.4. The molecule has 8 heteroatoms. The average molecular weight is 545 g/mol. The Morgan fingerprint density at radius 1 is 1.07 bits per heavy atom. The Balaban J connectivity index is 1.58. The second-order valence-corrected chi connectivity index (χ2v) is 11.4. The highest BCUT2D eigenvalue weighted by Crippen LogP contribution is 2.48. The molecule has 1 fully saturated rings. The summed E-state index contributed by atoms with van der Waals surface area (Å²) < 4.78 is 12.8. The molecule has 2 aliphatic rings. The van der Waals surface area contributed by atoms with E-state index in [9.17, 15) is 9.59 Å². The van der Waals surface area contributed by atoms with Crippen LogP contribution in [0.5, 0.6) is 11.5 Å². The molecule has 1 N–H and O–H groups in total. The number of rotatable bonds is 7. The minimum absolute atomic E-state index is 0.0483. The number of pyridine rings is 2. The summed E-state index contributed by atoms with van der Waals surface area (Å²) in [6.07, 6.45) is 8.26. The maximum Gasteiger partial charge on any atom is 0.254 e. The number of aryl methyl sites for hydroxylation is 2. The average Bonchev–Trinajstić information content (AvgIpc) is 2.93. The summed E-state index contributed by atoms with van der Waals surface area (Å²) >= 11 is 0. The number of hydrogen-bond donors (Lipinski definition) is 1. The van der Waals surface area contributed by atoms with Gasteiger partial charge in [-0.1, -0.05) is 6.07 Å². The smallest absolute Gasteiger partial charge is 0.254 e. The first-order chi connectivity index (χ1) is 19.2. The lowest BCUT2D eigenvalue weighted by molar-refractivity contribution is 0.0722. The lowest BCUT2D eigenvalue weighted by Crippen LogP contribution is -2.40. The molecule has 5 rings (SSSR count). The van der Waals surface area contributed by atoms with Crippen LogP contribution in [0.1, 0.15) is 64.0 Å². The van der Waals surface area contributed by atoms with Gasteiger partial charge in [-0.15, -0.1) is 0 Å². The maximum absolute atomic E-state index is 14.2. The number of hydrogen-bond acceptors (Lipinski definition) is 6. The van der Waals surface area contributed by atoms with Gasteiger partial charge in [-0.2, -0.15) is 0 Å². The van der Waals surface area contributed by atoms with Crippen LogP contribution in [0.2, 0.25) is 0 Å². The lowest BCUT2D eigenvalue weighted by atomic mass is 9.86. The molecule has 0 radical (unpaired) electrons. The van der Waals surface area contributed by atoms with Gasteiger partial charge in [-0.25, -0.2) is 0 Å². The van der Waals surface area contributed by atoms with E-state index in [1.54, 1.807) is 18.2 Å². The first-order valence-corrected chi connectivity index (χ1v) is 14.1. The monoisotopic (exact) mass is 544 g/mol. The van der Waals surface area contributed by atoms with Crippen molar-refractivity contribution in [2.24, 2.45) is 0 Å². The number of fused-ring (bicyclic) bond motifs is 1. The Morgan fingerprint density at radius 3 is 2.45 bits per heavy atom. The van der Waals surface area contributed by atoms with Crippen LogP contribution >= 0.6 is 0 Å². The van der Waals surface area contributed by atoms with Crippen LogP contribution in [0.15, 0.2) is 35.4 Å². The zero-order valence-electron chi connectivity index (χ0n) is 24.5. The molecule has 1 aliphatic carbocycles. The molecule has 3 heterocycles. The molecule has 212 valence electrons. The molecule has 0 unspecified atom stereocenters. The van der Waals surface area contributed by atoms with E-state index in [4.69, 9.17) is 9.47 Å². The fourth-order valence-electron chi connectivity index (χ4n) is 6.35. The van der Waals surface area contributed by atoms with Crippen LogP contribution in [0, 0.1) is 20.8 Å². The van der Waals surface area contributed by atoms with Crippen molar-refractivity contribution in [3.8, 4) is 22.6 Å². The number of H-pyrrole nitrogens is 1. The fraction of sp³-hybridized carbons (Fsp3) is 0.469. The Hall–Kier alpha value is -3.65. The molecular formula is C32H40N4O4. The predicted molar refractivity (Wildman–Crippen MR) is 156 cm³/mol. The van der Waals surface area contributed by atoms with E-state index in [1.165, 1.54) is 0 Å². The summed E-state index contributed by atoms with van der Waals surface area (Å²) in [5.74, 6) is 1.20. The zero-order valence-corrected chi connectivity index (χ0v) is 24.5. The Morgan fingerprint density at radius 2 is 1.82 bits per heavy atom. The van der Waals surface area contributed by atoms with Gasteiger partial charge in [0, 0.05) is 52.9 Å². The number of ether oxygens (including phenoxy) is 2. The van der Waals surface area contributed by atoms with Crippen LogP contribution in [0.4, 0.5) is 0 Å². The normalized spacial score (nSPS) is 19.1. The van der Waals surface area contributed by atoms with Crippen molar-refractivity contribution in [1.82, 2.24) is 19.8 Å². The number of methoxy groups -OCH3 is 1. The third kappa shape index (κ3) is 5.24. The van der Waals surface area contributed by atoms with E-state index in [0.717, 1.165) is 59.2 Å². The SMILES string of the molecule is COc1c(OC2CCC(N(C)C)CC2)c(C)c2c(c1-c1cccnc1)CCN(Cc1c(C)cc(C)[nH]c1=O)C2=O. The van der Waals surface area contributed by atoms with Gasteiger partial charge in [0.05, 0.1) is 25.3 Å². The number of benzene rings is 1. The Kier molecular flexibility index (Phi) is 7.99. The minimum Gasteiger partial charge on any atom is -0.492 e. The summed E-state index contributed by atoms with van der Waals surface area (Å²) in [5.41, 5.74) is 6.32. The third-order valence-corrected chi connectivity index (χ3v) is 8.54. The first-order valence-electron chi connectivity index (χ1n) is 14.1. The van der Waals surface area contributed by atoms with Gasteiger partial charge in [0.2, 0.25) is 0 Å². The van der Waals surface area contributed by atoms with Crippen molar-refractivity contribution in [2.75, 3.05) is 27.7 Å². The van der Waals surface area contributed by atoms with Gasteiger partial charge >= 0.3 is 0 Å². The summed E-state index contributed by atoms with van der Waals surface area (Å²) in [6.45, 7) is 6.51. The van der Waals surface area contributed by atoms with E-state index >= 15 is 0 Å². The molecule has 1 saturated carbocycles. The highest BCUT2D eigenvalue weighted by atomic mass is 16.5. The van der Waals surface area contributed by atoms with Gasteiger partial charge in [-0.05, 0) is 90.2 Å². The molecule has 0 atom stereocenters. The summed E-state index contributed by atoms with van der Waals surface area (Å²) in [5, 5.41) is 0. The van der Waals surface area contributed by atoms with Crippen molar-refractivity contribution in [3.05, 3.63) is 74.5 Å². The van der Waals surface area contributed by atoms with Gasteiger partial charge in [-0.3, -0.25) is 14.6 Å². The number of nitrogens with one attached hydrogen (secondary N) is 1. The highest BCUT2D eigenvalue weighted by Gasteiger charge is 2.35. The quantitative estimate of drug-likeness (QED) is 0.459. The standard InChI is InChI=1S/C32H40N4O4/c1-19-16-20(2)34-31(37)26(19)18-36-15-13-25-27(32(36)38)21(3)29(40-24-11-9-23(10-12-24)35(4)5)30(39-6)28(25)22-8-7-14-33-17-22/h7-8,14,16-17,23-24H,9-13,15,18H2,1-6H3,(H,34,37). The zero-order chi connectivity index (χ0) is 28.6. The fourth-order valence-corrected chi connectivity index (χ4v) is 6.35. The molecule has 40 heavy (non-hydrogen) atoms. The van der Waals surface area contributed by atoms with Crippen molar-refractivity contribution in [1.29, 1.82) is 0 Å². The Bertz CT molecular complexity index is 1460. The lowest BCUT2D eigenvalue weighted by Gasteiger charge is -2.35. The van der Waals surface area contributed by atoms with Crippen molar-refractivity contribution >= 4 is 5.91 Å². The molecule has 0 spiro atoms. The van der Waals surface area contributed by atoms with E-state index in [2.05, 4.69) is 29.0 Å². The molecule has 2 aromatic heterocycles. The van der Waals surface area contributed by atoms with Crippen LogP contribution in [0.25, 0.3) is 11.1 Å². The van der Waals surface area contributed by atoms with Crippen molar-refractivity contribution in [3.63, 3.8) is 0 Å². The molecule has 0 saturated heterocycles. The van der Waals surface area contributed by atoms with Crippen LogP contribution in [-0.4, -0.2) is 65.6 Å². The van der Waals surface area contributed by atoms with Gasteiger partial charge in [0.25, 0.3) is 11.5 Å². The number of aromatic nitrogens is 2. The maximum atomic E-state index is 14.2. The van der Waals surface area contributed by atoms with Crippen molar-refractivity contribution < 1.29 is 14.3 Å². The predicted octanol–water partition coefficient (Wildman–Crippen LogP) is 4.82. The molecule has 0 bridgehead atoms. The summed E-state index contributed by atoms with van der Waals surface area (Å²) in [4.78, 5) is 38.3. The molecule has 3 aromatic rings. The van der Waals surface area contributed by atoms with Gasteiger partial charge in [0.1, 0.15) is 0 Å². The number of aromatic amines is 1. The molecular weight excluding hydrogens is 504 g/mol. The minimum atomic E-state index is -0.143. The van der Waals surface area contributed by atoms with E-state index in [-0.39, 0.29) is 24.1 Å². The largest absolute Gasteiger partial charge is 0.492 e. The second kappa shape index (κ2) is 11.5. The number of carbonyl (C=O) groups is 1. The summed E-state index contributed by atoms with van der Waals surface area (Å²) in [6, 6.07) is 6.40. The molecule has 1 aliphatic heterocycles. The van der Waals surface area contributed by atoms with E-state index in [1.807, 2.05) is 45.2 Å². The van der Waals surface area contributed by atoms with E-state index in [0.29, 0.717) is 41.6 Å². The Labute approximate surface area is 236 Å². The van der Waals surface area contributed by atoms with Crippen LogP contribution in [-0.2, 0) is 13.0 Å². The topological polar surface area (TPSA) is 87.8 Å². The number of carbonyl (C=O) groups excluding carboxylic acids is 1. The van der Waals surface area contributed by atoms with Crippen LogP contribution in [0.3, 0.4) is 0 Å². The number of amides is 1. The van der Waals surface area contributed by atoms with Crippen molar-refractivity contribution in [2.45, 2.75) is 71.6 Å². The summed E-state index contributed by atoms with van der Waals surface area (Å²) in [7, 11) is 5.93. The third-order valence-electron chi connectivity index (χ3n) is 8.54. The van der Waals surface area contributed by atoms with Crippen LogP contribution < -0.4 is 15.0 Å². The van der Waals surface area contributed by atoms with E-state index < -0.39 is 0 Å².